The van der Waals surface area contributed by atoms with Gasteiger partial charge in [-0.2, -0.15) is 0 Å². The smallest absolute Gasteiger partial charge is 0.493 e. The predicted molar refractivity (Wildman–Crippen MR) is 115 cm³/mol. The van der Waals surface area contributed by atoms with Gasteiger partial charge in [0.1, 0.15) is 5.75 Å². The molecular weight excluding hydrogens is 502 g/mol. The molecule has 2 N–H and O–H groups in total. The van der Waals surface area contributed by atoms with Crippen LogP contribution in [0.5, 0.6) is 17.2 Å². The number of ether oxygens (including phenoxy) is 3. The lowest BCUT2D eigenvalue weighted by Crippen LogP contribution is -2.36. The average Bonchev–Trinajstić information content (AvgIpc) is 2.67. The van der Waals surface area contributed by atoms with E-state index in [0.717, 1.165) is 5.56 Å². The van der Waals surface area contributed by atoms with Gasteiger partial charge in [0.15, 0.2) is 17.5 Å². The van der Waals surface area contributed by atoms with Gasteiger partial charge in [-0.15, -0.1) is 37.1 Å². The third-order valence-electron chi connectivity index (χ3n) is 3.78. The number of benzene rings is 2. The Balaban J connectivity index is 0.00000420. The Morgan fingerprint density at radius 3 is 2.21 bits per heavy atom. The van der Waals surface area contributed by atoms with Gasteiger partial charge < -0.3 is 24.8 Å². The standard InChI is InChI=1S/C19H22F3N3O3.HI/c1-23-18(24-11-13-8-9-16(26-2)17(10-13)27-3)25-12-14-6-4-5-7-15(14)28-19(20,21)22;/h4-10H,11-12H2,1-3H3,(H2,23,24,25);1H. The molecule has 0 aliphatic heterocycles. The molecule has 0 fully saturated rings. The molecule has 29 heavy (non-hydrogen) atoms. The van der Waals surface area contributed by atoms with Gasteiger partial charge in [0.05, 0.1) is 14.2 Å². The summed E-state index contributed by atoms with van der Waals surface area (Å²) in [6, 6.07) is 11.4. The molecule has 2 aromatic carbocycles. The second kappa shape index (κ2) is 11.6. The predicted octanol–water partition coefficient (Wildman–Crippen LogP) is 4.09. The monoisotopic (exact) mass is 525 g/mol. The quantitative estimate of drug-likeness (QED) is 0.324. The van der Waals surface area contributed by atoms with Crippen LogP contribution in [0.3, 0.4) is 0 Å². The van der Waals surface area contributed by atoms with Crippen molar-refractivity contribution in [2.24, 2.45) is 4.99 Å². The van der Waals surface area contributed by atoms with E-state index in [-0.39, 0.29) is 36.3 Å². The molecule has 0 atom stereocenters. The van der Waals surface area contributed by atoms with Crippen molar-refractivity contribution in [3.05, 3.63) is 53.6 Å². The minimum absolute atomic E-state index is 0. The fourth-order valence-corrected chi connectivity index (χ4v) is 2.45. The summed E-state index contributed by atoms with van der Waals surface area (Å²) < 4.78 is 52.0. The van der Waals surface area contributed by atoms with Crippen LogP contribution in [-0.2, 0) is 13.1 Å². The molecule has 0 aliphatic carbocycles. The van der Waals surface area contributed by atoms with Gasteiger partial charge in [-0.3, -0.25) is 4.99 Å². The molecule has 2 rings (SSSR count). The normalized spacial score (nSPS) is 11.3. The van der Waals surface area contributed by atoms with Crippen molar-refractivity contribution >= 4 is 29.9 Å². The van der Waals surface area contributed by atoms with E-state index in [1.165, 1.54) is 12.1 Å². The average molecular weight is 525 g/mol. The van der Waals surface area contributed by atoms with Crippen LogP contribution >= 0.6 is 24.0 Å². The maximum atomic E-state index is 12.5. The summed E-state index contributed by atoms with van der Waals surface area (Å²) in [5, 5.41) is 6.06. The Labute approximate surface area is 184 Å². The number of nitrogens with one attached hydrogen (secondary N) is 2. The van der Waals surface area contributed by atoms with Crippen molar-refractivity contribution in [3.63, 3.8) is 0 Å². The molecule has 0 aromatic heterocycles. The van der Waals surface area contributed by atoms with Crippen molar-refractivity contribution in [2.45, 2.75) is 19.5 Å². The van der Waals surface area contributed by atoms with Crippen LogP contribution in [0.25, 0.3) is 0 Å². The van der Waals surface area contributed by atoms with E-state index in [0.29, 0.717) is 29.6 Å². The number of nitrogens with zero attached hydrogens (tertiary/aromatic N) is 1. The number of guanidine groups is 1. The third kappa shape index (κ3) is 7.87. The molecule has 10 heteroatoms. The number of hydrogen-bond acceptors (Lipinski definition) is 4. The SMILES string of the molecule is CN=C(NCc1ccc(OC)c(OC)c1)NCc1ccccc1OC(F)(F)F.I. The summed E-state index contributed by atoms with van der Waals surface area (Å²) in [4.78, 5) is 4.07. The summed E-state index contributed by atoms with van der Waals surface area (Å²) >= 11 is 0. The zero-order valence-corrected chi connectivity index (χ0v) is 18.5. The first-order valence-electron chi connectivity index (χ1n) is 8.35. The number of alkyl halides is 3. The van der Waals surface area contributed by atoms with Crippen molar-refractivity contribution in [1.82, 2.24) is 10.6 Å². The number of halogens is 4. The number of aliphatic imine (C=N–C) groups is 1. The molecule has 0 radical (unpaired) electrons. The molecule has 2 aromatic rings. The third-order valence-corrected chi connectivity index (χ3v) is 3.78. The van der Waals surface area contributed by atoms with Crippen molar-refractivity contribution in [1.29, 1.82) is 0 Å². The second-order valence-electron chi connectivity index (χ2n) is 5.62. The number of hydrogen-bond donors (Lipinski definition) is 2. The van der Waals surface area contributed by atoms with Gasteiger partial charge >= 0.3 is 6.36 Å². The Kier molecular flexibility index (Phi) is 9.86. The van der Waals surface area contributed by atoms with E-state index in [2.05, 4.69) is 20.4 Å². The Bertz CT molecular complexity index is 817. The molecule has 0 unspecified atom stereocenters. The lowest BCUT2D eigenvalue weighted by molar-refractivity contribution is -0.274. The summed E-state index contributed by atoms with van der Waals surface area (Å²) in [5.74, 6) is 1.40. The number of para-hydroxylation sites is 1. The molecule has 0 heterocycles. The Morgan fingerprint density at radius 1 is 0.931 bits per heavy atom. The van der Waals surface area contributed by atoms with E-state index >= 15 is 0 Å². The molecule has 0 saturated heterocycles. The summed E-state index contributed by atoms with van der Waals surface area (Å²) in [5.41, 5.74) is 1.27. The van der Waals surface area contributed by atoms with Crippen LogP contribution in [0.1, 0.15) is 11.1 Å². The first-order valence-corrected chi connectivity index (χ1v) is 8.35. The van der Waals surface area contributed by atoms with Crippen LogP contribution in [-0.4, -0.2) is 33.6 Å². The van der Waals surface area contributed by atoms with E-state index < -0.39 is 6.36 Å². The first kappa shape index (κ1) is 24.7. The molecular formula is C19H23F3IN3O3. The van der Waals surface area contributed by atoms with Gasteiger partial charge in [0, 0.05) is 25.7 Å². The van der Waals surface area contributed by atoms with E-state index in [1.54, 1.807) is 39.5 Å². The molecule has 0 spiro atoms. The zero-order valence-electron chi connectivity index (χ0n) is 16.2. The fourth-order valence-electron chi connectivity index (χ4n) is 2.45. The highest BCUT2D eigenvalue weighted by Gasteiger charge is 2.31. The molecule has 0 amide bonds. The number of methoxy groups -OCH3 is 2. The van der Waals surface area contributed by atoms with Gasteiger partial charge in [0.2, 0.25) is 0 Å². The highest BCUT2D eigenvalue weighted by atomic mass is 127. The van der Waals surface area contributed by atoms with Crippen molar-refractivity contribution in [2.75, 3.05) is 21.3 Å². The Morgan fingerprint density at radius 2 is 1.59 bits per heavy atom. The summed E-state index contributed by atoms with van der Waals surface area (Å²) in [7, 11) is 4.68. The highest BCUT2D eigenvalue weighted by molar-refractivity contribution is 14.0. The first-order chi connectivity index (χ1) is 13.4. The van der Waals surface area contributed by atoms with Gasteiger partial charge in [0.25, 0.3) is 0 Å². The van der Waals surface area contributed by atoms with E-state index in [1.807, 2.05) is 12.1 Å². The topological polar surface area (TPSA) is 64.1 Å². The largest absolute Gasteiger partial charge is 0.573 e. The maximum Gasteiger partial charge on any atom is 0.573 e. The van der Waals surface area contributed by atoms with Crippen LogP contribution < -0.4 is 24.8 Å². The molecule has 0 bridgehead atoms. The Hall–Kier alpha value is -2.37. The lowest BCUT2D eigenvalue weighted by atomic mass is 10.2. The van der Waals surface area contributed by atoms with Crippen molar-refractivity contribution in [3.8, 4) is 17.2 Å². The van der Waals surface area contributed by atoms with Crippen molar-refractivity contribution < 1.29 is 27.4 Å². The van der Waals surface area contributed by atoms with E-state index in [9.17, 15) is 13.2 Å². The van der Waals surface area contributed by atoms with Gasteiger partial charge in [-0.1, -0.05) is 24.3 Å². The van der Waals surface area contributed by atoms with Gasteiger partial charge in [-0.05, 0) is 23.8 Å². The second-order valence-corrected chi connectivity index (χ2v) is 5.62. The summed E-state index contributed by atoms with van der Waals surface area (Å²) in [6.45, 7) is 0.540. The van der Waals surface area contributed by atoms with Crippen LogP contribution in [0.4, 0.5) is 13.2 Å². The molecule has 160 valence electrons. The van der Waals surface area contributed by atoms with E-state index in [4.69, 9.17) is 9.47 Å². The highest BCUT2D eigenvalue weighted by Crippen LogP contribution is 2.28. The van der Waals surface area contributed by atoms with Crippen LogP contribution in [0.2, 0.25) is 0 Å². The van der Waals surface area contributed by atoms with Crippen LogP contribution in [0, 0.1) is 0 Å². The number of rotatable bonds is 7. The summed E-state index contributed by atoms with van der Waals surface area (Å²) in [6.07, 6.45) is -4.75. The maximum absolute atomic E-state index is 12.5. The van der Waals surface area contributed by atoms with Gasteiger partial charge in [-0.25, -0.2) is 0 Å². The minimum Gasteiger partial charge on any atom is -0.493 e. The zero-order chi connectivity index (χ0) is 20.6. The lowest BCUT2D eigenvalue weighted by Gasteiger charge is -2.16. The minimum atomic E-state index is -4.75. The van der Waals surface area contributed by atoms with Crippen LogP contribution in [0.15, 0.2) is 47.5 Å². The molecule has 6 nitrogen and oxygen atoms in total. The fraction of sp³-hybridized carbons (Fsp3) is 0.316. The molecule has 0 aliphatic rings. The molecule has 0 saturated carbocycles.